The van der Waals surface area contributed by atoms with Gasteiger partial charge >= 0.3 is 5.97 Å². The van der Waals surface area contributed by atoms with Gasteiger partial charge in [0.05, 0.1) is 10.2 Å². The van der Waals surface area contributed by atoms with E-state index in [0.29, 0.717) is 26.1 Å². The van der Waals surface area contributed by atoms with Gasteiger partial charge < -0.3 is 14.6 Å². The van der Waals surface area contributed by atoms with Gasteiger partial charge in [-0.3, -0.25) is 4.79 Å². The molecule has 1 aliphatic rings. The number of aromatic nitrogens is 1. The molecule has 0 fully saturated rings. The molecule has 0 atom stereocenters. The average molecular weight is 381 g/mol. The highest BCUT2D eigenvalue weighted by molar-refractivity contribution is 7.19. The van der Waals surface area contributed by atoms with E-state index in [9.17, 15) is 4.79 Å². The van der Waals surface area contributed by atoms with Crippen LogP contribution in [0.3, 0.4) is 0 Å². The zero-order valence-electron chi connectivity index (χ0n) is 14.7. The maximum atomic E-state index is 10.9. The highest BCUT2D eigenvalue weighted by Crippen LogP contribution is 2.34. The van der Waals surface area contributed by atoms with Gasteiger partial charge in [-0.25, -0.2) is 4.98 Å². The highest BCUT2D eigenvalue weighted by atomic mass is 32.1. The summed E-state index contributed by atoms with van der Waals surface area (Å²) in [7, 11) is 0. The Morgan fingerprint density at radius 1 is 1.11 bits per heavy atom. The Morgan fingerprint density at radius 3 is 2.74 bits per heavy atom. The number of allylic oxidation sites excluding steroid dienone is 1. The lowest BCUT2D eigenvalue weighted by Crippen LogP contribution is -2.15. The Morgan fingerprint density at radius 2 is 1.93 bits per heavy atom. The molecule has 1 aromatic heterocycles. The van der Waals surface area contributed by atoms with Crippen LogP contribution in [-0.4, -0.2) is 29.3 Å². The molecular formula is C21H19NO4S. The van der Waals surface area contributed by atoms with E-state index in [0.717, 1.165) is 37.9 Å². The number of thiazole rings is 1. The lowest BCUT2D eigenvalue weighted by molar-refractivity contribution is -0.137. The first kappa shape index (κ1) is 17.5. The van der Waals surface area contributed by atoms with Gasteiger partial charge in [-0.05, 0) is 54.3 Å². The van der Waals surface area contributed by atoms with Crippen LogP contribution in [0.1, 0.15) is 29.8 Å². The molecule has 0 saturated heterocycles. The third kappa shape index (κ3) is 4.11. The fourth-order valence-electron chi connectivity index (χ4n) is 3.03. The molecule has 138 valence electrons. The zero-order valence-corrected chi connectivity index (χ0v) is 15.5. The Kier molecular flexibility index (Phi) is 5.07. The number of hydrogen-bond donors (Lipinski definition) is 1. The number of carbonyl (C=O) groups is 1. The first-order chi connectivity index (χ1) is 13.2. The average Bonchev–Trinajstić information content (AvgIpc) is 3.11. The molecule has 5 nitrogen and oxygen atoms in total. The number of ether oxygens (including phenoxy) is 2. The second kappa shape index (κ2) is 7.80. The maximum Gasteiger partial charge on any atom is 0.303 e. The minimum absolute atomic E-state index is 0.142. The van der Waals surface area contributed by atoms with Crippen molar-refractivity contribution in [3.8, 4) is 11.5 Å². The van der Waals surface area contributed by atoms with Gasteiger partial charge in [0.15, 0.2) is 11.5 Å². The molecule has 4 rings (SSSR count). The van der Waals surface area contributed by atoms with E-state index in [4.69, 9.17) is 19.6 Å². The van der Waals surface area contributed by atoms with Crippen molar-refractivity contribution in [2.75, 3.05) is 13.2 Å². The second-order valence-corrected chi connectivity index (χ2v) is 7.34. The Balaban J connectivity index is 1.68. The van der Waals surface area contributed by atoms with Crippen LogP contribution in [0.5, 0.6) is 11.5 Å². The third-order valence-corrected chi connectivity index (χ3v) is 5.42. The molecule has 27 heavy (non-hydrogen) atoms. The van der Waals surface area contributed by atoms with Crippen molar-refractivity contribution in [1.29, 1.82) is 0 Å². The summed E-state index contributed by atoms with van der Waals surface area (Å²) < 4.78 is 12.4. The molecule has 2 aromatic carbocycles. The van der Waals surface area contributed by atoms with Crippen molar-refractivity contribution in [2.24, 2.45) is 0 Å². The summed E-state index contributed by atoms with van der Waals surface area (Å²) in [5.74, 6) is 0.716. The van der Waals surface area contributed by atoms with Crippen LogP contribution < -0.4 is 9.47 Å². The summed E-state index contributed by atoms with van der Waals surface area (Å²) in [6, 6.07) is 13.9. The first-order valence-corrected chi connectivity index (χ1v) is 9.69. The van der Waals surface area contributed by atoms with E-state index in [1.54, 1.807) is 11.3 Å². The summed E-state index contributed by atoms with van der Waals surface area (Å²) in [6.07, 6.45) is 3.43. The van der Waals surface area contributed by atoms with E-state index in [2.05, 4.69) is 12.1 Å². The van der Waals surface area contributed by atoms with Crippen LogP contribution in [0, 0.1) is 0 Å². The molecule has 0 aliphatic carbocycles. The number of rotatable bonds is 6. The lowest BCUT2D eigenvalue weighted by Gasteiger charge is -2.18. The number of para-hydroxylation sites is 1. The predicted octanol–water partition coefficient (Wildman–Crippen LogP) is 4.86. The summed E-state index contributed by atoms with van der Waals surface area (Å²) in [6.45, 7) is 1.11. The van der Waals surface area contributed by atoms with Crippen molar-refractivity contribution in [3.05, 3.63) is 53.0 Å². The quantitative estimate of drug-likeness (QED) is 0.660. The third-order valence-electron chi connectivity index (χ3n) is 4.31. The van der Waals surface area contributed by atoms with E-state index in [-0.39, 0.29) is 6.42 Å². The van der Waals surface area contributed by atoms with Crippen LogP contribution in [0.15, 0.2) is 42.5 Å². The molecule has 0 spiro atoms. The van der Waals surface area contributed by atoms with E-state index in [1.807, 2.05) is 36.4 Å². The Labute approximate surface area is 160 Å². The fourth-order valence-corrected chi connectivity index (χ4v) is 4.04. The van der Waals surface area contributed by atoms with Crippen molar-refractivity contribution < 1.29 is 19.4 Å². The number of fused-ring (bicyclic) bond motifs is 2. The number of aliphatic carboxylic acids is 1. The second-order valence-electron chi connectivity index (χ2n) is 6.31. The van der Waals surface area contributed by atoms with Gasteiger partial charge in [-0.2, -0.15) is 0 Å². The van der Waals surface area contributed by atoms with Crippen LogP contribution in [0.4, 0.5) is 0 Å². The summed E-state index contributed by atoms with van der Waals surface area (Å²) in [5.41, 5.74) is 2.99. The number of carboxylic acids is 1. The van der Waals surface area contributed by atoms with Gasteiger partial charge in [0, 0.05) is 6.42 Å². The topological polar surface area (TPSA) is 68.7 Å². The van der Waals surface area contributed by atoms with Crippen LogP contribution >= 0.6 is 11.3 Å². The largest absolute Gasteiger partial charge is 0.486 e. The maximum absolute atomic E-state index is 10.9. The van der Waals surface area contributed by atoms with Crippen molar-refractivity contribution >= 4 is 39.2 Å². The summed E-state index contributed by atoms with van der Waals surface area (Å²) in [5, 5.41) is 9.90. The smallest absolute Gasteiger partial charge is 0.303 e. The van der Waals surface area contributed by atoms with Gasteiger partial charge in [0.2, 0.25) is 0 Å². The fraction of sp³-hybridized carbons (Fsp3) is 0.238. The van der Waals surface area contributed by atoms with Gasteiger partial charge in [0.1, 0.15) is 18.2 Å². The Hall–Kier alpha value is -2.86. The molecule has 0 unspecified atom stereocenters. The highest BCUT2D eigenvalue weighted by Gasteiger charge is 2.13. The van der Waals surface area contributed by atoms with Crippen LogP contribution in [0.2, 0.25) is 0 Å². The van der Waals surface area contributed by atoms with Crippen molar-refractivity contribution in [1.82, 2.24) is 4.98 Å². The molecule has 0 amide bonds. The van der Waals surface area contributed by atoms with Gasteiger partial charge in [0.25, 0.3) is 0 Å². The Bertz CT molecular complexity index is 975. The van der Waals surface area contributed by atoms with E-state index in [1.165, 1.54) is 0 Å². The molecule has 1 aliphatic heterocycles. The summed E-state index contributed by atoms with van der Waals surface area (Å²) >= 11 is 1.63. The van der Waals surface area contributed by atoms with E-state index < -0.39 is 5.97 Å². The first-order valence-electron chi connectivity index (χ1n) is 8.87. The molecule has 0 radical (unpaired) electrons. The molecule has 0 bridgehead atoms. The monoisotopic (exact) mass is 381 g/mol. The molecule has 1 N–H and O–H groups in total. The number of carboxylic acid groups (broad SMARTS) is 1. The van der Waals surface area contributed by atoms with Crippen molar-refractivity contribution in [3.63, 3.8) is 0 Å². The predicted molar refractivity (Wildman–Crippen MR) is 106 cm³/mol. The van der Waals surface area contributed by atoms with Crippen molar-refractivity contribution in [2.45, 2.75) is 19.3 Å². The standard InChI is InChI=1S/C21H19NO4S/c23-20(24)7-3-4-15(21-22-16-5-1-2-6-19(16)27-21)12-14-8-9-17-18(13-14)26-11-10-25-17/h1-2,5-6,8-9,12-13H,3-4,7,10-11H2,(H,23,24)/b15-12-. The molecule has 2 heterocycles. The molecular weight excluding hydrogens is 362 g/mol. The lowest BCUT2D eigenvalue weighted by atomic mass is 10.0. The van der Waals surface area contributed by atoms with Crippen LogP contribution in [-0.2, 0) is 4.79 Å². The van der Waals surface area contributed by atoms with Crippen LogP contribution in [0.25, 0.3) is 21.9 Å². The molecule has 6 heteroatoms. The zero-order chi connectivity index (χ0) is 18.6. The minimum Gasteiger partial charge on any atom is -0.486 e. The number of hydrogen-bond acceptors (Lipinski definition) is 5. The van der Waals surface area contributed by atoms with Gasteiger partial charge in [-0.15, -0.1) is 11.3 Å². The number of benzene rings is 2. The molecule has 3 aromatic rings. The summed E-state index contributed by atoms with van der Waals surface area (Å²) in [4.78, 5) is 15.7. The SMILES string of the molecule is O=C(O)CCC/C(=C/c1ccc2c(c1)OCCO2)c1nc2ccccc2s1. The normalized spacial score (nSPS) is 13.7. The number of nitrogens with zero attached hydrogens (tertiary/aromatic N) is 1. The van der Waals surface area contributed by atoms with Gasteiger partial charge in [-0.1, -0.05) is 18.2 Å². The molecule has 0 saturated carbocycles. The minimum atomic E-state index is -0.780. The van der Waals surface area contributed by atoms with E-state index >= 15 is 0 Å².